The highest BCUT2D eigenvalue weighted by Gasteiger charge is 2.11. The molecule has 1 aromatic carbocycles. The topological polar surface area (TPSA) is 66.0 Å². The third kappa shape index (κ3) is 3.16. The molecule has 5 nitrogen and oxygen atoms in total. The van der Waals surface area contributed by atoms with Crippen LogP contribution in [0.2, 0.25) is 0 Å². The van der Waals surface area contributed by atoms with Crippen molar-refractivity contribution in [2.45, 2.75) is 20.1 Å². The van der Waals surface area contributed by atoms with Gasteiger partial charge in [0, 0.05) is 13.6 Å². The molecule has 0 atom stereocenters. The normalized spacial score (nSPS) is 10.8. The molecule has 1 heterocycles. The summed E-state index contributed by atoms with van der Waals surface area (Å²) in [4.78, 5) is 0. The SMILES string of the molecule is Cc1nnc(COc2c(Br)cc(CN)cc2Br)n1C. The maximum absolute atomic E-state index is 5.79. The molecule has 0 saturated heterocycles. The zero-order valence-electron chi connectivity index (χ0n) is 10.7. The van der Waals surface area contributed by atoms with Crippen molar-refractivity contribution >= 4 is 31.9 Å². The average molecular weight is 390 g/mol. The highest BCUT2D eigenvalue weighted by molar-refractivity contribution is 9.11. The molecule has 2 N–H and O–H groups in total. The summed E-state index contributed by atoms with van der Waals surface area (Å²) in [7, 11) is 1.91. The largest absolute Gasteiger partial charge is 0.483 e. The van der Waals surface area contributed by atoms with E-state index in [0.29, 0.717) is 13.2 Å². The van der Waals surface area contributed by atoms with Crippen molar-refractivity contribution in [1.29, 1.82) is 0 Å². The van der Waals surface area contributed by atoms with Crippen LogP contribution in [-0.2, 0) is 20.2 Å². The van der Waals surface area contributed by atoms with Crippen molar-refractivity contribution in [2.24, 2.45) is 12.8 Å². The summed E-state index contributed by atoms with van der Waals surface area (Å²) in [5.41, 5.74) is 6.65. The van der Waals surface area contributed by atoms with Crippen LogP contribution in [0.1, 0.15) is 17.2 Å². The minimum absolute atomic E-state index is 0.358. The van der Waals surface area contributed by atoms with E-state index in [1.165, 1.54) is 0 Å². The molecule has 0 spiro atoms. The highest BCUT2D eigenvalue weighted by atomic mass is 79.9. The summed E-state index contributed by atoms with van der Waals surface area (Å²) in [6.45, 7) is 2.74. The molecule has 0 aliphatic carbocycles. The van der Waals surface area contributed by atoms with Gasteiger partial charge >= 0.3 is 0 Å². The van der Waals surface area contributed by atoms with Crippen molar-refractivity contribution in [1.82, 2.24) is 14.8 Å². The number of nitrogens with zero attached hydrogens (tertiary/aromatic N) is 3. The zero-order valence-corrected chi connectivity index (χ0v) is 13.8. The quantitative estimate of drug-likeness (QED) is 0.872. The summed E-state index contributed by atoms with van der Waals surface area (Å²) in [5, 5.41) is 8.05. The number of aryl methyl sites for hydroxylation is 1. The van der Waals surface area contributed by atoms with Gasteiger partial charge in [0.25, 0.3) is 0 Å². The maximum Gasteiger partial charge on any atom is 0.170 e. The number of hydrogen-bond donors (Lipinski definition) is 1. The van der Waals surface area contributed by atoms with E-state index < -0.39 is 0 Å². The van der Waals surface area contributed by atoms with Crippen LogP contribution < -0.4 is 10.5 Å². The molecule has 2 rings (SSSR count). The standard InChI is InChI=1S/C12H14Br2N4O/c1-7-16-17-11(18(7)2)6-19-12-9(13)3-8(5-15)4-10(12)14/h3-4H,5-6,15H2,1-2H3. The summed E-state index contributed by atoms with van der Waals surface area (Å²) in [6, 6.07) is 3.89. The van der Waals surface area contributed by atoms with Crippen LogP contribution in [0.3, 0.4) is 0 Å². The molecule has 1 aromatic heterocycles. The van der Waals surface area contributed by atoms with Gasteiger partial charge in [0.1, 0.15) is 18.2 Å². The molecular weight excluding hydrogens is 376 g/mol. The van der Waals surface area contributed by atoms with E-state index in [-0.39, 0.29) is 0 Å². The fourth-order valence-electron chi connectivity index (χ4n) is 1.58. The number of halogens is 2. The van der Waals surface area contributed by atoms with Gasteiger partial charge in [-0.05, 0) is 56.5 Å². The van der Waals surface area contributed by atoms with E-state index in [1.54, 1.807) is 0 Å². The first kappa shape index (κ1) is 14.5. The molecule has 19 heavy (non-hydrogen) atoms. The maximum atomic E-state index is 5.79. The van der Waals surface area contributed by atoms with Crippen LogP contribution in [0.15, 0.2) is 21.1 Å². The van der Waals surface area contributed by atoms with E-state index in [1.807, 2.05) is 30.7 Å². The first-order valence-corrected chi connectivity index (χ1v) is 7.27. The van der Waals surface area contributed by atoms with Gasteiger partial charge in [-0.2, -0.15) is 0 Å². The van der Waals surface area contributed by atoms with Crippen molar-refractivity contribution < 1.29 is 4.74 Å². The van der Waals surface area contributed by atoms with E-state index in [9.17, 15) is 0 Å². The lowest BCUT2D eigenvalue weighted by molar-refractivity contribution is 0.287. The highest BCUT2D eigenvalue weighted by Crippen LogP contribution is 2.35. The molecule has 0 amide bonds. The van der Waals surface area contributed by atoms with Crippen LogP contribution in [0, 0.1) is 6.92 Å². The van der Waals surface area contributed by atoms with Crippen LogP contribution >= 0.6 is 31.9 Å². The van der Waals surface area contributed by atoms with Gasteiger partial charge < -0.3 is 15.0 Å². The Bertz CT molecular complexity index is 574. The second-order valence-electron chi connectivity index (χ2n) is 4.10. The van der Waals surface area contributed by atoms with E-state index in [0.717, 1.165) is 31.9 Å². The summed E-state index contributed by atoms with van der Waals surface area (Å²) >= 11 is 6.97. The first-order chi connectivity index (χ1) is 9.02. The Morgan fingerprint density at radius 1 is 1.26 bits per heavy atom. The van der Waals surface area contributed by atoms with Crippen LogP contribution in [0.4, 0.5) is 0 Å². The van der Waals surface area contributed by atoms with Crippen molar-refractivity contribution in [3.63, 3.8) is 0 Å². The molecular formula is C12H14Br2N4O. The van der Waals surface area contributed by atoms with Crippen molar-refractivity contribution in [3.05, 3.63) is 38.3 Å². The van der Waals surface area contributed by atoms with Gasteiger partial charge in [0.05, 0.1) is 8.95 Å². The lowest BCUT2D eigenvalue weighted by Gasteiger charge is -2.11. The van der Waals surface area contributed by atoms with Crippen molar-refractivity contribution in [2.75, 3.05) is 0 Å². The molecule has 0 saturated carbocycles. The first-order valence-electron chi connectivity index (χ1n) is 5.68. The van der Waals surface area contributed by atoms with Gasteiger partial charge in [-0.3, -0.25) is 0 Å². The fraction of sp³-hybridized carbons (Fsp3) is 0.333. The number of benzene rings is 1. The number of rotatable bonds is 4. The molecule has 7 heteroatoms. The Kier molecular flexibility index (Phi) is 4.59. The minimum atomic E-state index is 0.358. The lowest BCUT2D eigenvalue weighted by Crippen LogP contribution is -2.05. The summed E-state index contributed by atoms with van der Waals surface area (Å²) in [6.07, 6.45) is 0. The molecule has 0 aliphatic heterocycles. The number of ether oxygens (including phenoxy) is 1. The molecule has 0 fully saturated rings. The predicted octanol–water partition coefficient (Wildman–Crippen LogP) is 2.69. The molecule has 0 radical (unpaired) electrons. The number of hydrogen-bond acceptors (Lipinski definition) is 4. The average Bonchev–Trinajstić information content (AvgIpc) is 2.69. The Morgan fingerprint density at radius 2 is 1.89 bits per heavy atom. The summed E-state index contributed by atoms with van der Waals surface area (Å²) < 4.78 is 9.41. The van der Waals surface area contributed by atoms with Crippen LogP contribution in [0.25, 0.3) is 0 Å². The van der Waals surface area contributed by atoms with Crippen LogP contribution in [0.5, 0.6) is 5.75 Å². The lowest BCUT2D eigenvalue weighted by atomic mass is 10.2. The van der Waals surface area contributed by atoms with Crippen molar-refractivity contribution in [3.8, 4) is 5.75 Å². The molecule has 2 aromatic rings. The molecule has 0 aliphatic rings. The fourth-order valence-corrected chi connectivity index (χ4v) is 3.09. The second-order valence-corrected chi connectivity index (χ2v) is 5.81. The Labute approximate surface area is 128 Å². The minimum Gasteiger partial charge on any atom is -0.483 e. The predicted molar refractivity (Wildman–Crippen MR) is 79.8 cm³/mol. The smallest absolute Gasteiger partial charge is 0.170 e. The van der Waals surface area contributed by atoms with Gasteiger partial charge in [0.2, 0.25) is 0 Å². The van der Waals surface area contributed by atoms with Gasteiger partial charge in [0.15, 0.2) is 5.82 Å². The van der Waals surface area contributed by atoms with Gasteiger partial charge in [-0.25, -0.2) is 0 Å². The monoisotopic (exact) mass is 388 g/mol. The molecule has 0 unspecified atom stereocenters. The third-order valence-electron chi connectivity index (χ3n) is 2.82. The second kappa shape index (κ2) is 6.02. The van der Waals surface area contributed by atoms with E-state index in [2.05, 4.69) is 42.1 Å². The number of aromatic nitrogens is 3. The molecule has 102 valence electrons. The Hall–Kier alpha value is -0.920. The zero-order chi connectivity index (χ0) is 14.0. The Balaban J connectivity index is 2.18. The van der Waals surface area contributed by atoms with Gasteiger partial charge in [-0.15, -0.1) is 10.2 Å². The Morgan fingerprint density at radius 3 is 2.37 bits per heavy atom. The van der Waals surface area contributed by atoms with E-state index >= 15 is 0 Å². The van der Waals surface area contributed by atoms with Crippen LogP contribution in [-0.4, -0.2) is 14.8 Å². The molecule has 0 bridgehead atoms. The van der Waals surface area contributed by atoms with Gasteiger partial charge in [-0.1, -0.05) is 0 Å². The third-order valence-corrected chi connectivity index (χ3v) is 4.00. The number of nitrogens with two attached hydrogens (primary N) is 1. The summed E-state index contributed by atoms with van der Waals surface area (Å²) in [5.74, 6) is 2.37. The van der Waals surface area contributed by atoms with E-state index in [4.69, 9.17) is 10.5 Å².